The molecule has 0 radical (unpaired) electrons. The van der Waals surface area contributed by atoms with Crippen molar-refractivity contribution in [1.82, 2.24) is 9.80 Å². The van der Waals surface area contributed by atoms with E-state index in [4.69, 9.17) is 0 Å². The first-order valence-corrected chi connectivity index (χ1v) is 9.88. The molecule has 6 nitrogen and oxygen atoms in total. The molecule has 152 valence electrons. The normalized spacial score (nSPS) is 20.7. The van der Waals surface area contributed by atoms with Gasteiger partial charge in [-0.25, -0.2) is 14.1 Å². The summed E-state index contributed by atoms with van der Waals surface area (Å²) >= 11 is 0. The summed E-state index contributed by atoms with van der Waals surface area (Å²) in [6.07, 6.45) is 0. The van der Waals surface area contributed by atoms with E-state index in [1.54, 1.807) is 24.0 Å². The van der Waals surface area contributed by atoms with Crippen LogP contribution in [0.25, 0.3) is 0 Å². The molecule has 0 aromatic heterocycles. The van der Waals surface area contributed by atoms with Crippen LogP contribution in [0.5, 0.6) is 0 Å². The molecule has 2 aliphatic heterocycles. The molecule has 4 rings (SSSR count). The summed E-state index contributed by atoms with van der Waals surface area (Å²) in [5, 5.41) is 0. The number of rotatable bonds is 4. The quantitative estimate of drug-likeness (QED) is 0.746. The van der Waals surface area contributed by atoms with Crippen LogP contribution in [0.3, 0.4) is 0 Å². The fraction of sp³-hybridized carbons (Fsp3) is 0.364. The molecule has 0 bridgehead atoms. The SMILES string of the molecule is Cc1ccc(N2C(=O)N(CN3CCN(c4ccc(F)cc4)CC3)C(=O)[C@H]2C)cc1. The van der Waals surface area contributed by atoms with E-state index in [-0.39, 0.29) is 17.8 Å². The maximum Gasteiger partial charge on any atom is 0.333 e. The lowest BCUT2D eigenvalue weighted by molar-refractivity contribution is -0.128. The number of benzene rings is 2. The van der Waals surface area contributed by atoms with E-state index in [0.717, 1.165) is 43.1 Å². The van der Waals surface area contributed by atoms with Crippen molar-refractivity contribution < 1.29 is 14.0 Å². The molecule has 3 amide bonds. The second-order valence-corrected chi connectivity index (χ2v) is 7.65. The summed E-state index contributed by atoms with van der Waals surface area (Å²) in [4.78, 5) is 32.9. The zero-order valence-corrected chi connectivity index (χ0v) is 16.7. The van der Waals surface area contributed by atoms with Gasteiger partial charge in [0, 0.05) is 37.6 Å². The molecule has 2 aromatic rings. The molecule has 2 heterocycles. The molecule has 7 heteroatoms. The van der Waals surface area contributed by atoms with Gasteiger partial charge in [0.05, 0.1) is 6.67 Å². The van der Waals surface area contributed by atoms with E-state index in [2.05, 4.69) is 9.80 Å². The minimum Gasteiger partial charge on any atom is -0.369 e. The van der Waals surface area contributed by atoms with Gasteiger partial charge in [-0.2, -0.15) is 0 Å². The number of anilines is 2. The highest BCUT2D eigenvalue weighted by atomic mass is 19.1. The Morgan fingerprint density at radius 3 is 2.10 bits per heavy atom. The lowest BCUT2D eigenvalue weighted by Gasteiger charge is -2.37. The predicted octanol–water partition coefficient (Wildman–Crippen LogP) is 3.07. The first kappa shape index (κ1) is 19.4. The standard InChI is InChI=1S/C22H25FN4O2/c1-16-3-7-20(8-4-16)27-17(2)21(28)26(22(27)29)15-24-11-13-25(14-12-24)19-9-5-18(23)6-10-19/h3-10,17H,11-15H2,1-2H3/t17-/m1/s1. The Balaban J connectivity index is 1.39. The highest BCUT2D eigenvalue weighted by molar-refractivity contribution is 6.14. The number of hydrogen-bond donors (Lipinski definition) is 0. The number of urea groups is 1. The monoisotopic (exact) mass is 396 g/mol. The molecule has 2 aromatic carbocycles. The van der Waals surface area contributed by atoms with Crippen LogP contribution >= 0.6 is 0 Å². The lowest BCUT2D eigenvalue weighted by atomic mass is 10.2. The molecule has 2 fully saturated rings. The van der Waals surface area contributed by atoms with Crippen molar-refractivity contribution in [2.45, 2.75) is 19.9 Å². The zero-order chi connectivity index (χ0) is 20.5. The summed E-state index contributed by atoms with van der Waals surface area (Å²) in [5.41, 5.74) is 2.83. The van der Waals surface area contributed by atoms with Gasteiger partial charge in [-0.05, 0) is 50.2 Å². The molecular weight excluding hydrogens is 371 g/mol. The third-order valence-corrected chi connectivity index (χ3v) is 5.67. The Morgan fingerprint density at radius 2 is 1.48 bits per heavy atom. The maximum atomic E-state index is 13.1. The molecule has 1 atom stereocenters. The van der Waals surface area contributed by atoms with E-state index in [1.807, 2.05) is 31.2 Å². The molecule has 2 saturated heterocycles. The Morgan fingerprint density at radius 1 is 0.897 bits per heavy atom. The van der Waals surface area contributed by atoms with E-state index >= 15 is 0 Å². The minimum absolute atomic E-state index is 0.170. The number of amides is 3. The first-order chi connectivity index (χ1) is 13.9. The van der Waals surface area contributed by atoms with E-state index in [9.17, 15) is 14.0 Å². The first-order valence-electron chi connectivity index (χ1n) is 9.88. The summed E-state index contributed by atoms with van der Waals surface area (Å²) in [6.45, 7) is 7.04. The molecule has 2 aliphatic rings. The maximum absolute atomic E-state index is 13.1. The van der Waals surface area contributed by atoms with Crippen LogP contribution in [-0.2, 0) is 4.79 Å². The Bertz CT molecular complexity index is 892. The van der Waals surface area contributed by atoms with Gasteiger partial charge in [-0.3, -0.25) is 14.6 Å². The fourth-order valence-electron chi connectivity index (χ4n) is 3.89. The Labute approximate surface area is 170 Å². The van der Waals surface area contributed by atoms with Crippen LogP contribution in [0.4, 0.5) is 20.6 Å². The average molecular weight is 396 g/mol. The lowest BCUT2D eigenvalue weighted by Crippen LogP contribution is -2.51. The summed E-state index contributed by atoms with van der Waals surface area (Å²) in [6, 6.07) is 13.3. The van der Waals surface area contributed by atoms with Gasteiger partial charge in [0.1, 0.15) is 11.9 Å². The van der Waals surface area contributed by atoms with Crippen LogP contribution < -0.4 is 9.80 Å². The van der Waals surface area contributed by atoms with Crippen LogP contribution in [0, 0.1) is 12.7 Å². The van der Waals surface area contributed by atoms with Gasteiger partial charge in [-0.15, -0.1) is 0 Å². The number of halogens is 1. The Hall–Kier alpha value is -2.93. The fourth-order valence-corrected chi connectivity index (χ4v) is 3.89. The van der Waals surface area contributed by atoms with Gasteiger partial charge >= 0.3 is 6.03 Å². The summed E-state index contributed by atoms with van der Waals surface area (Å²) < 4.78 is 13.1. The van der Waals surface area contributed by atoms with E-state index in [0.29, 0.717) is 6.67 Å². The van der Waals surface area contributed by atoms with Gasteiger partial charge < -0.3 is 4.90 Å². The topological polar surface area (TPSA) is 47.1 Å². The molecule has 0 N–H and O–H groups in total. The van der Waals surface area contributed by atoms with Crippen molar-refractivity contribution in [2.24, 2.45) is 0 Å². The highest BCUT2D eigenvalue weighted by Gasteiger charge is 2.44. The molecule has 0 unspecified atom stereocenters. The summed E-state index contributed by atoms with van der Waals surface area (Å²) in [7, 11) is 0. The van der Waals surface area contributed by atoms with Crippen molar-refractivity contribution >= 4 is 23.3 Å². The minimum atomic E-state index is -0.509. The van der Waals surface area contributed by atoms with Crippen LogP contribution in [0.15, 0.2) is 48.5 Å². The van der Waals surface area contributed by atoms with Crippen molar-refractivity contribution in [3.8, 4) is 0 Å². The van der Waals surface area contributed by atoms with Crippen LogP contribution in [-0.4, -0.2) is 60.6 Å². The smallest absolute Gasteiger partial charge is 0.333 e. The van der Waals surface area contributed by atoms with Gasteiger partial charge in [0.2, 0.25) is 0 Å². The predicted molar refractivity (Wildman–Crippen MR) is 110 cm³/mol. The van der Waals surface area contributed by atoms with Crippen molar-refractivity contribution in [3.05, 3.63) is 59.9 Å². The van der Waals surface area contributed by atoms with Gasteiger partial charge in [-0.1, -0.05) is 17.7 Å². The van der Waals surface area contributed by atoms with E-state index < -0.39 is 6.04 Å². The third-order valence-electron chi connectivity index (χ3n) is 5.67. The molecular formula is C22H25FN4O2. The second-order valence-electron chi connectivity index (χ2n) is 7.65. The number of carbonyl (C=O) groups is 2. The molecule has 0 saturated carbocycles. The number of imide groups is 1. The number of hydrogen-bond acceptors (Lipinski definition) is 4. The van der Waals surface area contributed by atoms with Crippen molar-refractivity contribution in [2.75, 3.05) is 42.6 Å². The van der Waals surface area contributed by atoms with Gasteiger partial charge in [0.25, 0.3) is 5.91 Å². The zero-order valence-electron chi connectivity index (χ0n) is 16.7. The van der Waals surface area contributed by atoms with Gasteiger partial charge in [0.15, 0.2) is 0 Å². The average Bonchev–Trinajstić information content (AvgIpc) is 2.93. The van der Waals surface area contributed by atoms with Crippen molar-refractivity contribution in [1.29, 1.82) is 0 Å². The van der Waals surface area contributed by atoms with Crippen LogP contribution in [0.2, 0.25) is 0 Å². The number of piperazine rings is 1. The molecule has 0 spiro atoms. The largest absolute Gasteiger partial charge is 0.369 e. The highest BCUT2D eigenvalue weighted by Crippen LogP contribution is 2.26. The second kappa shape index (κ2) is 7.83. The number of aryl methyl sites for hydroxylation is 1. The van der Waals surface area contributed by atoms with Crippen molar-refractivity contribution in [3.63, 3.8) is 0 Å². The molecule has 29 heavy (non-hydrogen) atoms. The number of carbonyl (C=O) groups excluding carboxylic acids is 2. The third kappa shape index (κ3) is 3.82. The number of nitrogens with zero attached hydrogens (tertiary/aromatic N) is 4. The Kier molecular flexibility index (Phi) is 5.24. The molecule has 0 aliphatic carbocycles. The summed E-state index contributed by atoms with van der Waals surface area (Å²) in [5.74, 6) is -0.415. The van der Waals surface area contributed by atoms with E-state index in [1.165, 1.54) is 17.0 Å². The van der Waals surface area contributed by atoms with Crippen LogP contribution in [0.1, 0.15) is 12.5 Å².